The summed E-state index contributed by atoms with van der Waals surface area (Å²) >= 11 is 0. The molecule has 0 aromatic heterocycles. The number of Topliss-reactive ketones (excluding diaryl/α,β-unsaturated/α-hetero) is 1. The number of rotatable bonds is 6. The van der Waals surface area contributed by atoms with E-state index in [0.717, 1.165) is 5.56 Å². The van der Waals surface area contributed by atoms with Crippen LogP contribution in [-0.2, 0) is 4.79 Å². The lowest BCUT2D eigenvalue weighted by Crippen LogP contribution is -2.32. The lowest BCUT2D eigenvalue weighted by Gasteiger charge is -2.17. The van der Waals surface area contributed by atoms with E-state index in [1.165, 1.54) is 6.92 Å². The van der Waals surface area contributed by atoms with Crippen molar-refractivity contribution in [3.05, 3.63) is 59.7 Å². The van der Waals surface area contributed by atoms with Gasteiger partial charge >= 0.3 is 0 Å². The van der Waals surface area contributed by atoms with Gasteiger partial charge in [0.05, 0.1) is 0 Å². The Morgan fingerprint density at radius 2 is 1.87 bits per heavy atom. The number of benzene rings is 2. The molecular weight excluding hydrogens is 290 g/mol. The third-order valence-corrected chi connectivity index (χ3v) is 3.47. The van der Waals surface area contributed by atoms with Gasteiger partial charge in [-0.1, -0.05) is 31.2 Å². The highest BCUT2D eigenvalue weighted by Gasteiger charge is 2.18. The van der Waals surface area contributed by atoms with E-state index in [-0.39, 0.29) is 11.7 Å². The summed E-state index contributed by atoms with van der Waals surface area (Å²) in [5.41, 5.74) is 2.23. The lowest BCUT2D eigenvalue weighted by molar-refractivity contribution is -0.122. The van der Waals surface area contributed by atoms with E-state index in [1.807, 2.05) is 38.1 Å². The first-order valence-corrected chi connectivity index (χ1v) is 7.64. The fourth-order valence-electron chi connectivity index (χ4n) is 2.21. The van der Waals surface area contributed by atoms with Crippen LogP contribution in [0.4, 0.5) is 5.69 Å². The van der Waals surface area contributed by atoms with Crippen molar-refractivity contribution >= 4 is 17.4 Å². The number of hydrogen-bond acceptors (Lipinski definition) is 3. The van der Waals surface area contributed by atoms with Gasteiger partial charge in [0.25, 0.3) is 5.91 Å². The maximum Gasteiger partial charge on any atom is 0.265 e. The molecule has 1 atom stereocenters. The molecule has 0 bridgehead atoms. The molecule has 4 nitrogen and oxygen atoms in total. The molecule has 0 heterocycles. The third-order valence-electron chi connectivity index (χ3n) is 3.47. The van der Waals surface area contributed by atoms with Gasteiger partial charge in [0.2, 0.25) is 0 Å². The Bertz CT molecular complexity index is 709. The highest BCUT2D eigenvalue weighted by Crippen LogP contribution is 2.17. The standard InChI is InChI=1S/C19H21NO3/c1-4-18(23-17-10-5-7-13(2)11-17)19(22)20-16-9-6-8-15(12-16)14(3)21/h5-12,18H,4H2,1-3H3,(H,20,22)/t18-/m0/s1. The highest BCUT2D eigenvalue weighted by atomic mass is 16.5. The van der Waals surface area contributed by atoms with Crippen LogP contribution < -0.4 is 10.1 Å². The van der Waals surface area contributed by atoms with Crippen LogP contribution in [0.1, 0.15) is 36.2 Å². The molecule has 23 heavy (non-hydrogen) atoms. The van der Waals surface area contributed by atoms with Crippen molar-refractivity contribution in [2.24, 2.45) is 0 Å². The summed E-state index contributed by atoms with van der Waals surface area (Å²) in [5.74, 6) is 0.406. The van der Waals surface area contributed by atoms with Crippen molar-refractivity contribution in [2.45, 2.75) is 33.3 Å². The van der Waals surface area contributed by atoms with E-state index in [1.54, 1.807) is 24.3 Å². The molecule has 0 fully saturated rings. The first-order chi connectivity index (χ1) is 11.0. The molecule has 2 aromatic carbocycles. The molecule has 0 aliphatic rings. The molecule has 4 heteroatoms. The van der Waals surface area contributed by atoms with Crippen molar-refractivity contribution in [3.63, 3.8) is 0 Å². The van der Waals surface area contributed by atoms with Crippen LogP contribution in [0.2, 0.25) is 0 Å². The smallest absolute Gasteiger partial charge is 0.265 e. The molecule has 120 valence electrons. The Labute approximate surface area is 136 Å². The second kappa shape index (κ2) is 7.58. The number of nitrogens with one attached hydrogen (secondary N) is 1. The summed E-state index contributed by atoms with van der Waals surface area (Å²) in [6.45, 7) is 5.36. The fraction of sp³-hybridized carbons (Fsp3) is 0.263. The number of amides is 1. The second-order valence-electron chi connectivity index (χ2n) is 5.46. The SMILES string of the molecule is CC[C@H](Oc1cccc(C)c1)C(=O)Nc1cccc(C(C)=O)c1. The van der Waals surface area contributed by atoms with Gasteiger partial charge in [-0.2, -0.15) is 0 Å². The normalized spacial score (nSPS) is 11.6. The topological polar surface area (TPSA) is 55.4 Å². The van der Waals surface area contributed by atoms with Gasteiger partial charge in [-0.3, -0.25) is 9.59 Å². The number of hydrogen-bond donors (Lipinski definition) is 1. The molecule has 2 aromatic rings. The Morgan fingerprint density at radius 3 is 2.52 bits per heavy atom. The van der Waals surface area contributed by atoms with E-state index in [9.17, 15) is 9.59 Å². The fourth-order valence-corrected chi connectivity index (χ4v) is 2.21. The van der Waals surface area contributed by atoms with Crippen molar-refractivity contribution in [3.8, 4) is 5.75 Å². The Balaban J connectivity index is 2.08. The number of ether oxygens (including phenoxy) is 1. The molecule has 1 amide bonds. The number of carbonyl (C=O) groups is 2. The van der Waals surface area contributed by atoms with Crippen LogP contribution in [0.15, 0.2) is 48.5 Å². The van der Waals surface area contributed by atoms with Gasteiger partial charge in [0.1, 0.15) is 5.75 Å². The van der Waals surface area contributed by atoms with E-state index >= 15 is 0 Å². The van der Waals surface area contributed by atoms with Gasteiger partial charge < -0.3 is 10.1 Å². The van der Waals surface area contributed by atoms with Crippen molar-refractivity contribution < 1.29 is 14.3 Å². The molecular formula is C19H21NO3. The van der Waals surface area contributed by atoms with Crippen molar-refractivity contribution in [2.75, 3.05) is 5.32 Å². The number of anilines is 1. The average molecular weight is 311 g/mol. The molecule has 0 aliphatic heterocycles. The molecule has 0 aliphatic carbocycles. The predicted molar refractivity (Wildman–Crippen MR) is 91.0 cm³/mol. The monoisotopic (exact) mass is 311 g/mol. The lowest BCUT2D eigenvalue weighted by atomic mass is 10.1. The summed E-state index contributed by atoms with van der Waals surface area (Å²) in [6, 6.07) is 14.5. The highest BCUT2D eigenvalue weighted by molar-refractivity contribution is 5.98. The summed E-state index contributed by atoms with van der Waals surface area (Å²) in [6.07, 6.45) is -0.0376. The minimum absolute atomic E-state index is 0.0378. The van der Waals surface area contributed by atoms with E-state index in [4.69, 9.17) is 4.74 Å². The minimum atomic E-state index is -0.585. The summed E-state index contributed by atoms with van der Waals surface area (Å²) < 4.78 is 5.78. The zero-order valence-electron chi connectivity index (χ0n) is 13.6. The molecule has 1 N–H and O–H groups in total. The van der Waals surface area contributed by atoms with Crippen molar-refractivity contribution in [1.82, 2.24) is 0 Å². The van der Waals surface area contributed by atoms with E-state index in [2.05, 4.69) is 5.32 Å². The number of ketones is 1. The van der Waals surface area contributed by atoms with Crippen LogP contribution in [0.5, 0.6) is 5.75 Å². The maximum atomic E-state index is 12.4. The average Bonchev–Trinajstić information content (AvgIpc) is 2.52. The van der Waals surface area contributed by atoms with E-state index in [0.29, 0.717) is 23.4 Å². The Hall–Kier alpha value is -2.62. The van der Waals surface area contributed by atoms with Gasteiger partial charge in [-0.05, 0) is 50.1 Å². The van der Waals surface area contributed by atoms with Gasteiger partial charge in [0.15, 0.2) is 11.9 Å². The summed E-state index contributed by atoms with van der Waals surface area (Å²) in [4.78, 5) is 23.8. The van der Waals surface area contributed by atoms with Crippen LogP contribution >= 0.6 is 0 Å². The quantitative estimate of drug-likeness (QED) is 0.821. The number of aryl methyl sites for hydroxylation is 1. The summed E-state index contributed by atoms with van der Waals surface area (Å²) in [7, 11) is 0. The zero-order chi connectivity index (χ0) is 16.8. The molecule has 0 radical (unpaired) electrons. The van der Waals surface area contributed by atoms with E-state index < -0.39 is 6.10 Å². The van der Waals surface area contributed by atoms with Gasteiger partial charge in [-0.15, -0.1) is 0 Å². The Morgan fingerprint density at radius 1 is 1.13 bits per heavy atom. The number of carbonyl (C=O) groups excluding carboxylic acids is 2. The first-order valence-electron chi connectivity index (χ1n) is 7.64. The second-order valence-corrected chi connectivity index (χ2v) is 5.46. The van der Waals surface area contributed by atoms with Gasteiger partial charge in [0, 0.05) is 11.3 Å². The van der Waals surface area contributed by atoms with Crippen LogP contribution in [0.25, 0.3) is 0 Å². The predicted octanol–water partition coefficient (Wildman–Crippen LogP) is 3.99. The molecule has 0 saturated heterocycles. The molecule has 0 unspecified atom stereocenters. The largest absolute Gasteiger partial charge is 0.481 e. The molecule has 0 saturated carbocycles. The maximum absolute atomic E-state index is 12.4. The third kappa shape index (κ3) is 4.68. The zero-order valence-corrected chi connectivity index (χ0v) is 13.6. The van der Waals surface area contributed by atoms with Crippen LogP contribution in [-0.4, -0.2) is 17.8 Å². The molecule has 0 spiro atoms. The first kappa shape index (κ1) is 16.7. The van der Waals surface area contributed by atoms with Crippen LogP contribution in [0, 0.1) is 6.92 Å². The van der Waals surface area contributed by atoms with Gasteiger partial charge in [-0.25, -0.2) is 0 Å². The minimum Gasteiger partial charge on any atom is -0.481 e. The summed E-state index contributed by atoms with van der Waals surface area (Å²) in [5, 5.41) is 2.81. The van der Waals surface area contributed by atoms with Crippen LogP contribution in [0.3, 0.4) is 0 Å². The molecule has 2 rings (SSSR count). The van der Waals surface area contributed by atoms with Crippen molar-refractivity contribution in [1.29, 1.82) is 0 Å². The Kier molecular flexibility index (Phi) is 5.52.